The van der Waals surface area contributed by atoms with E-state index in [0.717, 1.165) is 19.3 Å². The van der Waals surface area contributed by atoms with Gasteiger partial charge in [-0.2, -0.15) is 0 Å². The molecule has 0 aliphatic carbocycles. The molecule has 0 radical (unpaired) electrons. The van der Waals surface area contributed by atoms with Crippen LogP contribution in [0.1, 0.15) is 122 Å². The molecule has 0 aliphatic rings. The molecule has 0 unspecified atom stereocenters. The number of unbranched alkanes of at least 4 members (excludes halogenated alkanes) is 12. The molecule has 0 bridgehead atoms. The number of nitrogens with two attached hydrogens (primary N) is 1. The number of hydrogen-bond acceptors (Lipinski definition) is 9. The van der Waals surface area contributed by atoms with E-state index < -0.39 is 39.1 Å². The van der Waals surface area contributed by atoms with Crippen LogP contribution in [0.3, 0.4) is 0 Å². The standard InChI is InChI=1S/C34H39O8P.C2H5NO.2Na.13H2/c1-3-5-7-9-11-13-15-17-19-21-23-25-27-29-34(36)42-32(31-41-43(37,38)39)30-40-33(35)28-26-24-22-20-18-16-14-12-10-8-6-4-2;1-2(3)4;;;;;;;;;;;;;;;/h2,32H,3,5,7,9,11,13,15,17,19,21,23,25,27,29-31H2,1H3,(H2,37,38,39);1H3,(H2,3,4);;;13*1H/q;;2*+1;;;;;;;;;;;;;/p-2/t32-;;;;;;;;;;;;;;;;/m1................/s1. The van der Waals surface area contributed by atoms with Crippen molar-refractivity contribution in [3.05, 3.63) is 0 Å². The zero-order chi connectivity index (χ0) is 35.4. The molecule has 0 aromatic carbocycles. The minimum absolute atomic E-state index is 0. The molecular weight excluding hydrogens is 667 g/mol. The fourth-order valence-corrected chi connectivity index (χ4v) is 3.78. The SMILES string of the molecule is C#CC#CC#CC#CC#CC#CC#CC(=O)OC[C@H](COP(=O)([O-])[O-])OC(=O)CCCCCCCCCCCCCCC.CC(N)=O.[HH].[HH].[HH].[HH].[HH].[HH].[HH].[HH].[HH].[HH].[HH].[HH].[HH].[Na+].[Na+]. The molecule has 0 aliphatic heterocycles. The molecule has 0 heterocycles. The van der Waals surface area contributed by atoms with Crippen molar-refractivity contribution >= 4 is 25.7 Å². The van der Waals surface area contributed by atoms with E-state index in [1.54, 1.807) is 0 Å². The Labute approximate surface area is 356 Å². The van der Waals surface area contributed by atoms with Crippen LogP contribution in [-0.4, -0.2) is 37.2 Å². The molecule has 10 nitrogen and oxygen atoms in total. The Morgan fingerprint density at radius 3 is 1.51 bits per heavy atom. The third-order valence-corrected chi connectivity index (χ3v) is 5.93. The van der Waals surface area contributed by atoms with Crippen LogP contribution in [0.4, 0.5) is 0 Å². The molecule has 2 N–H and O–H groups in total. The van der Waals surface area contributed by atoms with Gasteiger partial charge in [-0.05, 0) is 77.5 Å². The van der Waals surface area contributed by atoms with Gasteiger partial charge in [-0.3, -0.25) is 9.59 Å². The van der Waals surface area contributed by atoms with Gasteiger partial charge in [0, 0.05) is 37.8 Å². The zero-order valence-corrected chi connectivity index (χ0v) is 34.1. The van der Waals surface area contributed by atoms with Crippen LogP contribution in [0.2, 0.25) is 0 Å². The summed E-state index contributed by atoms with van der Waals surface area (Å²) < 4.78 is 25.0. The Kier molecular flexibility index (Phi) is 43.3. The van der Waals surface area contributed by atoms with Crippen LogP contribution in [0.5, 0.6) is 0 Å². The van der Waals surface area contributed by atoms with Crippen molar-refractivity contribution in [3.63, 3.8) is 0 Å². The predicted octanol–water partition coefficient (Wildman–Crippen LogP) is 0.119. The number of primary amides is 1. The van der Waals surface area contributed by atoms with Crippen molar-refractivity contribution in [1.82, 2.24) is 0 Å². The van der Waals surface area contributed by atoms with Crippen LogP contribution < -0.4 is 74.6 Å². The number of rotatable bonds is 20. The average Bonchev–Trinajstić information content (AvgIpc) is 3.00. The number of carbonyl (C=O) groups excluding carboxylic acids is 3. The molecule has 0 rings (SSSR count). The van der Waals surface area contributed by atoms with Crippen LogP contribution >= 0.6 is 7.82 Å². The Balaban J connectivity index is -0.0000000679. The van der Waals surface area contributed by atoms with Gasteiger partial charge in [0.25, 0.3) is 0 Å². The second-order valence-corrected chi connectivity index (χ2v) is 10.9. The molecule has 1 amide bonds. The summed E-state index contributed by atoms with van der Waals surface area (Å²) in [6.07, 6.45) is 18.8. The van der Waals surface area contributed by atoms with Gasteiger partial charge in [0.05, 0.1) is 14.4 Å². The first-order chi connectivity index (χ1) is 22.5. The summed E-state index contributed by atoms with van der Waals surface area (Å²) in [6.45, 7) is 2.18. The minimum Gasteiger partial charge on any atom is -0.790 e. The maximum absolute atomic E-state index is 12.2. The van der Waals surface area contributed by atoms with Gasteiger partial charge in [-0.15, -0.1) is 6.42 Å². The van der Waals surface area contributed by atoms with Gasteiger partial charge in [0.15, 0.2) is 6.10 Å². The van der Waals surface area contributed by atoms with E-state index in [4.69, 9.17) is 15.9 Å². The predicted molar refractivity (Wildman–Crippen MR) is 203 cm³/mol. The smallest absolute Gasteiger partial charge is 0.790 e. The summed E-state index contributed by atoms with van der Waals surface area (Å²) in [5.74, 6) is 28.1. The molecule has 0 spiro atoms. The number of hydrogen-bond donors (Lipinski definition) is 1. The van der Waals surface area contributed by atoms with Crippen molar-refractivity contribution in [1.29, 1.82) is 0 Å². The molecule has 49 heavy (non-hydrogen) atoms. The Bertz CT molecular complexity index is 1470. The summed E-state index contributed by atoms with van der Waals surface area (Å²) in [4.78, 5) is 54.9. The number of carbonyl (C=O) groups is 3. The fourth-order valence-electron chi connectivity index (χ4n) is 3.43. The minimum atomic E-state index is -5.32. The maximum atomic E-state index is 12.2. The van der Waals surface area contributed by atoms with E-state index in [1.165, 1.54) is 64.7 Å². The summed E-state index contributed by atoms with van der Waals surface area (Å²) in [7, 11) is -5.32. The van der Waals surface area contributed by atoms with E-state index >= 15 is 0 Å². The molecule has 278 valence electrons. The normalized spacial score (nSPS) is 9.20. The molecule has 0 aromatic rings. The van der Waals surface area contributed by atoms with Gasteiger partial charge in [-0.1, -0.05) is 84.0 Å². The number of phosphoric ester groups is 1. The van der Waals surface area contributed by atoms with Crippen molar-refractivity contribution in [2.75, 3.05) is 13.2 Å². The molecular formula is C36H68NNa2O9P. The third-order valence-electron chi connectivity index (χ3n) is 5.46. The monoisotopic (exact) mass is 735 g/mol. The first-order valence-electron chi connectivity index (χ1n) is 15.3. The number of ether oxygens (including phenoxy) is 2. The topological polar surface area (TPSA) is 168 Å². The van der Waals surface area contributed by atoms with Crippen LogP contribution in [0, 0.1) is 83.4 Å². The van der Waals surface area contributed by atoms with E-state index in [1.807, 2.05) is 0 Å². The molecule has 0 saturated carbocycles. The van der Waals surface area contributed by atoms with Gasteiger partial charge >= 0.3 is 71.1 Å². The summed E-state index contributed by atoms with van der Waals surface area (Å²) in [5, 5.41) is 0. The quantitative estimate of drug-likeness (QED) is 0.0456. The van der Waals surface area contributed by atoms with E-state index in [2.05, 4.69) is 94.1 Å². The van der Waals surface area contributed by atoms with Crippen LogP contribution in [0.25, 0.3) is 0 Å². The number of phosphoric acid groups is 1. The molecule has 1 atom stereocenters. The van der Waals surface area contributed by atoms with E-state index in [9.17, 15) is 28.7 Å². The van der Waals surface area contributed by atoms with Gasteiger partial charge < -0.3 is 34.1 Å². The first-order valence-corrected chi connectivity index (χ1v) is 16.7. The molecule has 13 heteroatoms. The van der Waals surface area contributed by atoms with Crippen molar-refractivity contribution < 1.29 is 120 Å². The van der Waals surface area contributed by atoms with Gasteiger partial charge in [0.1, 0.15) is 6.61 Å². The molecule has 0 saturated heterocycles. The fraction of sp³-hybridized carbons (Fsp3) is 0.528. The van der Waals surface area contributed by atoms with E-state index in [0.29, 0.717) is 6.42 Å². The maximum Gasteiger partial charge on any atom is 1.00 e. The number of terminal acetylenes is 1. The largest absolute Gasteiger partial charge is 1.00 e. The Morgan fingerprint density at radius 1 is 0.714 bits per heavy atom. The number of amides is 1. The van der Waals surface area contributed by atoms with E-state index in [-0.39, 0.29) is 90.0 Å². The second-order valence-electron chi connectivity index (χ2n) is 9.70. The van der Waals surface area contributed by atoms with Crippen LogP contribution in [0.15, 0.2) is 0 Å². The average molecular weight is 736 g/mol. The first kappa shape index (κ1) is 53.2. The summed E-state index contributed by atoms with van der Waals surface area (Å²) in [5.41, 5.74) is 4.47. The second kappa shape index (κ2) is 39.9. The zero-order valence-electron chi connectivity index (χ0n) is 29.2. The third kappa shape index (κ3) is 49.9. The van der Waals surface area contributed by atoms with Gasteiger partial charge in [-0.25, -0.2) is 4.79 Å². The van der Waals surface area contributed by atoms with Gasteiger partial charge in [0.2, 0.25) is 5.91 Å². The molecule has 0 fully saturated rings. The van der Waals surface area contributed by atoms with Crippen LogP contribution in [-0.2, 0) is 32.9 Å². The van der Waals surface area contributed by atoms with Crippen molar-refractivity contribution in [3.8, 4) is 83.4 Å². The Hall–Kier alpha value is -2.56. The van der Waals surface area contributed by atoms with Crippen molar-refractivity contribution in [2.24, 2.45) is 5.73 Å². The summed E-state index contributed by atoms with van der Waals surface area (Å²) >= 11 is 0. The Morgan fingerprint density at radius 2 is 1.10 bits per heavy atom. The number of esters is 2. The summed E-state index contributed by atoms with van der Waals surface area (Å²) in [6, 6.07) is 0. The molecule has 0 aromatic heterocycles. The van der Waals surface area contributed by atoms with Crippen molar-refractivity contribution in [2.45, 2.75) is 110 Å².